The van der Waals surface area contributed by atoms with Crippen LogP contribution < -0.4 is 26.4 Å². The van der Waals surface area contributed by atoms with Gasteiger partial charge < -0.3 is 22.1 Å². The maximum atomic E-state index is 11.8. The summed E-state index contributed by atoms with van der Waals surface area (Å²) in [4.78, 5) is 9.17. The van der Waals surface area contributed by atoms with Crippen LogP contribution in [0.25, 0.3) is 21.2 Å². The number of benzene rings is 2. The summed E-state index contributed by atoms with van der Waals surface area (Å²) < 4.78 is 1.95. The number of azide groups is 1. The normalized spacial score (nSPS) is 17.9. The zero-order valence-electron chi connectivity index (χ0n) is 14.6. The first-order valence-electron chi connectivity index (χ1n) is 8.57. The highest BCUT2D eigenvalue weighted by molar-refractivity contribution is 5.86. The molecule has 0 saturated heterocycles. The van der Waals surface area contributed by atoms with Gasteiger partial charge >= 0.3 is 5.95 Å². The zero-order chi connectivity index (χ0) is 18.0. The topological polar surface area (TPSA) is 89.0 Å². The van der Waals surface area contributed by atoms with Crippen molar-refractivity contribution in [3.8, 4) is 0 Å². The third kappa shape index (κ3) is 3.35. The van der Waals surface area contributed by atoms with Gasteiger partial charge in [0.15, 0.2) is 0 Å². The van der Waals surface area contributed by atoms with Gasteiger partial charge in [-0.25, -0.2) is 9.47 Å². The van der Waals surface area contributed by atoms with Gasteiger partial charge in [-0.3, -0.25) is 0 Å². The molecule has 0 bridgehead atoms. The Hall–Kier alpha value is -2.67. The molecule has 2 heterocycles. The molecule has 0 spiro atoms. The van der Waals surface area contributed by atoms with Gasteiger partial charge in [0.2, 0.25) is 5.72 Å². The molecule has 2 aromatic carbocycles. The molecule has 1 unspecified atom stereocenters. The van der Waals surface area contributed by atoms with Crippen molar-refractivity contribution >= 4 is 16.7 Å². The maximum absolute atomic E-state index is 11.8. The summed E-state index contributed by atoms with van der Waals surface area (Å²) in [5, 5.41) is 17.5. The van der Waals surface area contributed by atoms with Crippen LogP contribution in [0.2, 0.25) is 0 Å². The van der Waals surface area contributed by atoms with E-state index in [9.17, 15) is 5.11 Å². The van der Waals surface area contributed by atoms with Crippen LogP contribution in [0.5, 0.6) is 0 Å². The Morgan fingerprint density at radius 3 is 2.89 bits per heavy atom. The summed E-state index contributed by atoms with van der Waals surface area (Å²) in [7, 11) is 0. The Balaban J connectivity index is 0.00000210. The molecule has 4 rings (SSSR count). The highest BCUT2D eigenvalue weighted by Gasteiger charge is 2.51. The first kappa shape index (κ1) is 19.1. The molecule has 1 atom stereocenters. The molecule has 1 N–H and O–H groups in total. The molecular weight excluding hydrogens is 408 g/mol. The van der Waals surface area contributed by atoms with Crippen molar-refractivity contribution < 1.29 is 26.7 Å². The number of anilines is 1. The Kier molecular flexibility index (Phi) is 5.60. The van der Waals surface area contributed by atoms with Gasteiger partial charge in [0, 0.05) is 23.1 Å². The van der Waals surface area contributed by atoms with Gasteiger partial charge in [-0.05, 0) is 22.7 Å². The van der Waals surface area contributed by atoms with E-state index in [-0.39, 0.29) is 17.0 Å². The first-order valence-corrected chi connectivity index (χ1v) is 8.57. The minimum absolute atomic E-state index is 0. The Morgan fingerprint density at radius 2 is 2.04 bits per heavy atom. The summed E-state index contributed by atoms with van der Waals surface area (Å²) in [6.45, 7) is 1.31. The number of aromatic nitrogens is 2. The summed E-state index contributed by atoms with van der Waals surface area (Å²) in [5.41, 5.74) is 8.14. The van der Waals surface area contributed by atoms with E-state index in [0.717, 1.165) is 16.3 Å². The number of nitrogens with zero attached hydrogens (tertiary/aromatic N) is 6. The Morgan fingerprint density at radius 1 is 1.22 bits per heavy atom. The van der Waals surface area contributed by atoms with Crippen LogP contribution in [0.4, 0.5) is 5.95 Å². The minimum atomic E-state index is -1.21. The zero-order valence-corrected chi connectivity index (χ0v) is 16.2. The molecule has 0 fully saturated rings. The van der Waals surface area contributed by atoms with Crippen molar-refractivity contribution in [2.24, 2.45) is 5.11 Å². The predicted molar refractivity (Wildman–Crippen MR) is 98.3 cm³/mol. The lowest BCUT2D eigenvalue weighted by Gasteiger charge is -2.29. The standard InChI is InChI=1S/C19H19N6O.BrH/c20-23-22-11-5-13-25-18-21-10-4-12-24(18)14-19(25,26)17-9-3-7-15-6-1-2-8-16(15)17;/h1-4,6-10,12,26H,5,11,13-14H2;1H/q+1;/p-1. The van der Waals surface area contributed by atoms with Crippen LogP contribution in [0.1, 0.15) is 12.0 Å². The van der Waals surface area contributed by atoms with Crippen LogP contribution >= 0.6 is 0 Å². The molecule has 1 aliphatic rings. The highest BCUT2D eigenvalue weighted by atomic mass is 79.9. The van der Waals surface area contributed by atoms with Crippen LogP contribution in [-0.4, -0.2) is 23.2 Å². The van der Waals surface area contributed by atoms with Gasteiger partial charge in [0.1, 0.15) is 12.7 Å². The maximum Gasteiger partial charge on any atom is 0.396 e. The van der Waals surface area contributed by atoms with Gasteiger partial charge in [0.25, 0.3) is 0 Å². The van der Waals surface area contributed by atoms with Crippen LogP contribution in [0.15, 0.2) is 66.0 Å². The third-order valence-electron chi connectivity index (χ3n) is 4.80. The van der Waals surface area contributed by atoms with E-state index in [4.69, 9.17) is 5.53 Å². The van der Waals surface area contributed by atoms with E-state index in [1.54, 1.807) is 6.20 Å². The second-order valence-electron chi connectivity index (χ2n) is 6.35. The van der Waals surface area contributed by atoms with E-state index in [0.29, 0.717) is 32.0 Å². The number of fused-ring (bicyclic) bond motifs is 2. The van der Waals surface area contributed by atoms with Gasteiger partial charge in [0.05, 0.1) is 12.7 Å². The van der Waals surface area contributed by atoms with Crippen molar-refractivity contribution in [2.75, 3.05) is 18.0 Å². The second-order valence-corrected chi connectivity index (χ2v) is 6.35. The monoisotopic (exact) mass is 426 g/mol. The van der Waals surface area contributed by atoms with Crippen molar-refractivity contribution in [1.82, 2.24) is 4.98 Å². The number of halogens is 1. The summed E-state index contributed by atoms with van der Waals surface area (Å²) in [6, 6.07) is 15.9. The van der Waals surface area contributed by atoms with Gasteiger partial charge in [-0.2, -0.15) is 0 Å². The third-order valence-corrected chi connectivity index (χ3v) is 4.80. The van der Waals surface area contributed by atoms with E-state index in [1.165, 1.54) is 0 Å². The van der Waals surface area contributed by atoms with Crippen LogP contribution in [0.3, 0.4) is 0 Å². The molecule has 0 radical (unpaired) electrons. The molecule has 0 saturated carbocycles. The summed E-state index contributed by atoms with van der Waals surface area (Å²) in [5.74, 6) is 0.712. The number of rotatable bonds is 5. The summed E-state index contributed by atoms with van der Waals surface area (Å²) in [6.07, 6.45) is 4.28. The largest absolute Gasteiger partial charge is 1.00 e. The molecular formula is C19H19BrN6O. The molecule has 7 nitrogen and oxygen atoms in total. The van der Waals surface area contributed by atoms with E-state index < -0.39 is 5.72 Å². The average Bonchev–Trinajstić information content (AvgIpc) is 2.97. The lowest BCUT2D eigenvalue weighted by molar-refractivity contribution is -0.685. The lowest BCUT2D eigenvalue weighted by atomic mass is 9.95. The molecule has 8 heteroatoms. The van der Waals surface area contributed by atoms with Crippen molar-refractivity contribution in [1.29, 1.82) is 0 Å². The smallest absolute Gasteiger partial charge is 0.396 e. The average molecular weight is 427 g/mol. The molecule has 1 aromatic heterocycles. The van der Waals surface area contributed by atoms with Gasteiger partial charge in [-0.1, -0.05) is 52.6 Å². The van der Waals surface area contributed by atoms with E-state index in [2.05, 4.69) is 15.0 Å². The molecule has 27 heavy (non-hydrogen) atoms. The van der Waals surface area contributed by atoms with Crippen molar-refractivity contribution in [3.63, 3.8) is 0 Å². The molecule has 0 aliphatic carbocycles. The SMILES string of the molecule is [Br-].[N-]=[N+]=NCCCN1c2nccc[n+]2CC1(O)c1cccc2ccccc12. The summed E-state index contributed by atoms with van der Waals surface area (Å²) >= 11 is 0. The van der Waals surface area contributed by atoms with Crippen LogP contribution in [-0.2, 0) is 12.3 Å². The van der Waals surface area contributed by atoms with E-state index >= 15 is 0 Å². The van der Waals surface area contributed by atoms with Crippen LogP contribution in [0, 0.1) is 0 Å². The molecule has 0 amide bonds. The van der Waals surface area contributed by atoms with Crippen molar-refractivity contribution in [2.45, 2.75) is 18.7 Å². The lowest BCUT2D eigenvalue weighted by Crippen LogP contribution is -3.00. The quantitative estimate of drug-likeness (QED) is 0.203. The molecule has 138 valence electrons. The Bertz CT molecular complexity index is 1000. The second kappa shape index (κ2) is 7.92. The number of hydrogen-bond donors (Lipinski definition) is 1. The fraction of sp³-hybridized carbons (Fsp3) is 0.263. The first-order chi connectivity index (χ1) is 12.7. The number of hydrogen-bond acceptors (Lipinski definition) is 4. The van der Waals surface area contributed by atoms with E-state index in [1.807, 2.05) is 64.2 Å². The number of aliphatic hydroxyl groups is 1. The minimum Gasteiger partial charge on any atom is -1.00 e. The molecule has 1 aliphatic heterocycles. The van der Waals surface area contributed by atoms with Gasteiger partial charge in [-0.15, -0.1) is 0 Å². The van der Waals surface area contributed by atoms with Crippen molar-refractivity contribution in [3.05, 3.63) is 76.9 Å². The fourth-order valence-electron chi connectivity index (χ4n) is 3.66. The molecule has 3 aromatic rings. The Labute approximate surface area is 167 Å². The predicted octanol–water partition coefficient (Wildman–Crippen LogP) is -0.108. The fourth-order valence-corrected chi connectivity index (χ4v) is 3.66. The highest BCUT2D eigenvalue weighted by Crippen LogP contribution is 2.37.